The van der Waals surface area contributed by atoms with Crippen molar-refractivity contribution in [2.75, 3.05) is 32.7 Å². The lowest BCUT2D eigenvalue weighted by Gasteiger charge is -2.42. The Balaban J connectivity index is 0.000000364. The number of aryl methyl sites for hydroxylation is 1. The number of carboxylic acid groups (broad SMARTS) is 1. The average molecular weight is 517 g/mol. The van der Waals surface area contributed by atoms with Crippen molar-refractivity contribution in [1.29, 1.82) is 0 Å². The molecule has 3 saturated heterocycles. The van der Waals surface area contributed by atoms with E-state index >= 15 is 0 Å². The average Bonchev–Trinajstić information content (AvgIpc) is 3.57. The van der Waals surface area contributed by atoms with Crippen molar-refractivity contribution in [2.24, 2.45) is 17.8 Å². The molecular formula is C23H31F3N4O4S. The van der Waals surface area contributed by atoms with Gasteiger partial charge in [0.15, 0.2) is 0 Å². The number of carbonyl (C=O) groups is 3. The molecule has 0 bridgehead atoms. The van der Waals surface area contributed by atoms with Gasteiger partial charge in [-0.25, -0.2) is 9.78 Å². The van der Waals surface area contributed by atoms with Crippen molar-refractivity contribution < 1.29 is 32.7 Å². The van der Waals surface area contributed by atoms with Crippen molar-refractivity contribution in [3.63, 3.8) is 0 Å². The number of alkyl halides is 3. The Morgan fingerprint density at radius 1 is 1.23 bits per heavy atom. The number of thiazole rings is 1. The van der Waals surface area contributed by atoms with Crippen LogP contribution in [0.2, 0.25) is 0 Å². The lowest BCUT2D eigenvalue weighted by molar-refractivity contribution is -0.192. The number of rotatable bonds is 3. The molecule has 4 fully saturated rings. The first-order valence-electron chi connectivity index (χ1n) is 12.0. The second-order valence-electron chi connectivity index (χ2n) is 10.1. The van der Waals surface area contributed by atoms with E-state index in [1.165, 1.54) is 43.6 Å². The van der Waals surface area contributed by atoms with Crippen LogP contribution in [0.5, 0.6) is 0 Å². The Bertz CT molecular complexity index is 955. The third-order valence-electron chi connectivity index (χ3n) is 7.93. The van der Waals surface area contributed by atoms with Crippen LogP contribution in [-0.2, 0) is 9.59 Å². The minimum atomic E-state index is -5.08. The number of likely N-dealkylation sites (tertiary alicyclic amines) is 2. The van der Waals surface area contributed by atoms with Gasteiger partial charge in [0, 0.05) is 44.2 Å². The van der Waals surface area contributed by atoms with E-state index in [1.54, 1.807) is 5.51 Å². The summed E-state index contributed by atoms with van der Waals surface area (Å²) >= 11 is 1.43. The van der Waals surface area contributed by atoms with Gasteiger partial charge in [0.25, 0.3) is 5.91 Å². The molecule has 8 nitrogen and oxygen atoms in total. The van der Waals surface area contributed by atoms with Crippen LogP contribution in [-0.4, -0.2) is 82.1 Å². The largest absolute Gasteiger partial charge is 0.490 e. The SMILES string of the molecule is Cc1ncsc1C(=O)N1CCC2(CC1)NC(=O)[C@@H]1CN(CC3CCCC3)C[C@@H]12.O=C(O)C(F)(F)F. The summed E-state index contributed by atoms with van der Waals surface area (Å²) in [5.41, 5.74) is 2.46. The molecule has 12 heteroatoms. The normalized spacial score (nSPS) is 26.4. The number of nitrogens with zero attached hydrogens (tertiary/aromatic N) is 3. The summed E-state index contributed by atoms with van der Waals surface area (Å²) in [6.45, 7) is 6.49. The summed E-state index contributed by atoms with van der Waals surface area (Å²) in [6.07, 6.45) is 2.13. The smallest absolute Gasteiger partial charge is 0.475 e. The van der Waals surface area contributed by atoms with E-state index in [0.717, 1.165) is 55.5 Å². The quantitative estimate of drug-likeness (QED) is 0.641. The summed E-state index contributed by atoms with van der Waals surface area (Å²) in [7, 11) is 0. The van der Waals surface area contributed by atoms with Gasteiger partial charge in [-0.05, 0) is 38.5 Å². The molecular weight excluding hydrogens is 485 g/mol. The van der Waals surface area contributed by atoms with Crippen LogP contribution in [0.4, 0.5) is 13.2 Å². The number of amides is 2. The fraction of sp³-hybridized carbons (Fsp3) is 0.739. The number of halogens is 3. The number of fused-ring (bicyclic) bond motifs is 2. The molecule has 35 heavy (non-hydrogen) atoms. The Hall–Kier alpha value is -2.21. The number of carbonyl (C=O) groups excluding carboxylic acids is 2. The summed E-state index contributed by atoms with van der Waals surface area (Å²) in [4.78, 5) is 43.9. The number of aliphatic carboxylic acids is 1. The highest BCUT2D eigenvalue weighted by Gasteiger charge is 2.57. The predicted octanol–water partition coefficient (Wildman–Crippen LogP) is 2.93. The lowest BCUT2D eigenvalue weighted by Crippen LogP contribution is -2.56. The van der Waals surface area contributed by atoms with Gasteiger partial charge in [0.2, 0.25) is 5.91 Å². The minimum Gasteiger partial charge on any atom is -0.475 e. The zero-order valence-corrected chi connectivity index (χ0v) is 20.5. The van der Waals surface area contributed by atoms with E-state index in [0.29, 0.717) is 5.92 Å². The van der Waals surface area contributed by atoms with Gasteiger partial charge in [0.05, 0.1) is 17.1 Å². The second-order valence-corrected chi connectivity index (χ2v) is 10.9. The first-order chi connectivity index (χ1) is 16.5. The summed E-state index contributed by atoms with van der Waals surface area (Å²) in [5, 5.41) is 10.5. The van der Waals surface area contributed by atoms with Gasteiger partial charge >= 0.3 is 12.1 Å². The van der Waals surface area contributed by atoms with Gasteiger partial charge < -0.3 is 20.2 Å². The molecule has 1 aromatic heterocycles. The maximum absolute atomic E-state index is 12.8. The molecule has 0 radical (unpaired) electrons. The number of hydrogen-bond donors (Lipinski definition) is 2. The van der Waals surface area contributed by atoms with E-state index in [9.17, 15) is 22.8 Å². The van der Waals surface area contributed by atoms with Crippen LogP contribution in [0.25, 0.3) is 0 Å². The van der Waals surface area contributed by atoms with Crippen LogP contribution >= 0.6 is 11.3 Å². The maximum Gasteiger partial charge on any atom is 0.490 e. The highest BCUT2D eigenvalue weighted by molar-refractivity contribution is 7.11. The molecule has 2 atom stereocenters. The van der Waals surface area contributed by atoms with Gasteiger partial charge in [-0.15, -0.1) is 11.3 Å². The van der Waals surface area contributed by atoms with Gasteiger partial charge in [-0.2, -0.15) is 13.2 Å². The van der Waals surface area contributed by atoms with Crippen LogP contribution in [0.1, 0.15) is 53.9 Å². The zero-order valence-electron chi connectivity index (χ0n) is 19.6. The fourth-order valence-electron chi connectivity index (χ4n) is 6.10. The maximum atomic E-state index is 12.8. The monoisotopic (exact) mass is 516 g/mol. The van der Waals surface area contributed by atoms with Crippen molar-refractivity contribution >= 4 is 29.1 Å². The molecule has 194 valence electrons. The minimum absolute atomic E-state index is 0.102. The van der Waals surface area contributed by atoms with Crippen LogP contribution in [0.15, 0.2) is 5.51 Å². The second kappa shape index (κ2) is 10.0. The predicted molar refractivity (Wildman–Crippen MR) is 122 cm³/mol. The molecule has 2 N–H and O–H groups in total. The molecule has 1 aromatic rings. The van der Waals surface area contributed by atoms with E-state index < -0.39 is 12.1 Å². The lowest BCUT2D eigenvalue weighted by atomic mass is 9.75. The van der Waals surface area contributed by atoms with Crippen LogP contribution in [0, 0.1) is 24.7 Å². The van der Waals surface area contributed by atoms with Crippen molar-refractivity contribution in [3.8, 4) is 0 Å². The molecule has 1 spiro atoms. The number of carboxylic acids is 1. The fourth-order valence-corrected chi connectivity index (χ4v) is 6.87. The van der Waals surface area contributed by atoms with E-state index in [2.05, 4.69) is 15.2 Å². The van der Waals surface area contributed by atoms with Crippen LogP contribution in [0.3, 0.4) is 0 Å². The first kappa shape index (κ1) is 25.9. The molecule has 0 unspecified atom stereocenters. The third-order valence-corrected chi connectivity index (χ3v) is 8.85. The molecule has 0 aromatic carbocycles. The molecule has 4 aliphatic rings. The van der Waals surface area contributed by atoms with Crippen LogP contribution < -0.4 is 5.32 Å². The van der Waals surface area contributed by atoms with E-state index in [4.69, 9.17) is 9.90 Å². The molecule has 1 saturated carbocycles. The summed E-state index contributed by atoms with van der Waals surface area (Å²) < 4.78 is 31.7. The Morgan fingerprint density at radius 2 is 1.86 bits per heavy atom. The van der Waals surface area contributed by atoms with E-state index in [1.807, 2.05) is 11.8 Å². The summed E-state index contributed by atoms with van der Waals surface area (Å²) in [6, 6.07) is 0. The third kappa shape index (κ3) is 5.47. The highest BCUT2D eigenvalue weighted by atomic mass is 32.1. The van der Waals surface area contributed by atoms with Crippen molar-refractivity contribution in [3.05, 3.63) is 16.1 Å². The number of aromatic nitrogens is 1. The number of hydrogen-bond acceptors (Lipinski definition) is 6. The zero-order chi connectivity index (χ0) is 25.4. The van der Waals surface area contributed by atoms with Crippen molar-refractivity contribution in [1.82, 2.24) is 20.1 Å². The first-order valence-corrected chi connectivity index (χ1v) is 12.9. The van der Waals surface area contributed by atoms with Crippen molar-refractivity contribution in [2.45, 2.75) is 57.2 Å². The van der Waals surface area contributed by atoms with E-state index in [-0.39, 0.29) is 23.3 Å². The Morgan fingerprint density at radius 3 is 2.40 bits per heavy atom. The summed E-state index contributed by atoms with van der Waals surface area (Å²) in [5.74, 6) is -1.02. The molecule has 5 rings (SSSR count). The van der Waals surface area contributed by atoms with Gasteiger partial charge in [-0.1, -0.05) is 12.8 Å². The highest BCUT2D eigenvalue weighted by Crippen LogP contribution is 2.44. The van der Waals surface area contributed by atoms with Gasteiger partial charge in [0.1, 0.15) is 4.88 Å². The Labute approximate surface area is 205 Å². The van der Waals surface area contributed by atoms with Gasteiger partial charge in [-0.3, -0.25) is 9.59 Å². The Kier molecular flexibility index (Phi) is 7.42. The number of nitrogens with one attached hydrogen (secondary N) is 1. The molecule has 1 aliphatic carbocycles. The molecule has 3 aliphatic heterocycles. The molecule has 4 heterocycles. The molecule has 2 amide bonds. The number of piperidine rings is 1. The topological polar surface area (TPSA) is 103 Å². The standard InChI is InChI=1S/C21H30N4O2S.C2HF3O2/c1-14-18(28-13-22-14)20(27)25-8-6-21(7-9-25)17-12-24(10-15-4-2-3-5-15)11-16(17)19(26)23-21;3-2(4,5)1(6)7/h13,15-17H,2-12H2,1H3,(H,23,26);(H,6,7)/t16-,17+;/m1./s1.